The van der Waals surface area contributed by atoms with Crippen LogP contribution in [0.25, 0.3) is 0 Å². The van der Waals surface area contributed by atoms with Crippen LogP contribution in [0.5, 0.6) is 0 Å². The molecule has 1 heterocycles. The Balaban J connectivity index is 2.27. The molecule has 0 saturated carbocycles. The second-order valence-electron chi connectivity index (χ2n) is 5.01. The third kappa shape index (κ3) is 3.42. The summed E-state index contributed by atoms with van der Waals surface area (Å²) in [6, 6.07) is 4.98. The minimum Gasteiger partial charge on any atom is -0.310 e. The molecule has 0 aliphatic rings. The van der Waals surface area contributed by atoms with Crippen molar-refractivity contribution in [1.82, 2.24) is 20.1 Å². The van der Waals surface area contributed by atoms with E-state index in [1.807, 2.05) is 20.0 Å². The van der Waals surface area contributed by atoms with Crippen molar-refractivity contribution in [1.29, 1.82) is 0 Å². The average Bonchev–Trinajstić information content (AvgIpc) is 2.83. The molecule has 0 aliphatic heterocycles. The van der Waals surface area contributed by atoms with E-state index in [2.05, 4.69) is 22.3 Å². The van der Waals surface area contributed by atoms with E-state index < -0.39 is 0 Å². The lowest BCUT2D eigenvalue weighted by Gasteiger charge is -2.20. The molecule has 0 spiro atoms. The fraction of sp³-hybridized carbons (Fsp3) is 0.467. The maximum atomic E-state index is 13.5. The molecule has 0 fully saturated rings. The molecular formula is C15H21FN4. The number of nitrogens with one attached hydrogen (secondary N) is 1. The Kier molecular flexibility index (Phi) is 4.84. The van der Waals surface area contributed by atoms with Gasteiger partial charge >= 0.3 is 0 Å². The van der Waals surface area contributed by atoms with E-state index in [0.29, 0.717) is 6.42 Å². The maximum absolute atomic E-state index is 13.5. The van der Waals surface area contributed by atoms with Crippen molar-refractivity contribution in [2.24, 2.45) is 7.05 Å². The van der Waals surface area contributed by atoms with Crippen LogP contribution < -0.4 is 5.32 Å². The second-order valence-corrected chi connectivity index (χ2v) is 5.01. The van der Waals surface area contributed by atoms with E-state index in [-0.39, 0.29) is 11.9 Å². The molecule has 0 aliphatic carbocycles. The van der Waals surface area contributed by atoms with E-state index in [9.17, 15) is 4.39 Å². The van der Waals surface area contributed by atoms with Crippen molar-refractivity contribution in [3.63, 3.8) is 0 Å². The van der Waals surface area contributed by atoms with Gasteiger partial charge < -0.3 is 5.32 Å². The Hall–Kier alpha value is -1.75. The van der Waals surface area contributed by atoms with Crippen molar-refractivity contribution < 1.29 is 4.39 Å². The summed E-state index contributed by atoms with van der Waals surface area (Å²) in [5, 5.41) is 7.56. The van der Waals surface area contributed by atoms with Crippen LogP contribution in [0.1, 0.15) is 36.3 Å². The predicted octanol–water partition coefficient (Wildman–Crippen LogP) is 2.55. The standard InChI is InChI=1S/C15H21FN4/c1-4-7-17-14(9-15-18-10-19-20(15)3)13-8-12(16)6-5-11(13)2/h5-6,8,10,14,17H,4,7,9H2,1-3H3. The fourth-order valence-corrected chi connectivity index (χ4v) is 2.28. The number of aromatic nitrogens is 3. The predicted molar refractivity (Wildman–Crippen MR) is 76.9 cm³/mol. The summed E-state index contributed by atoms with van der Waals surface area (Å²) in [6.45, 7) is 5.01. The summed E-state index contributed by atoms with van der Waals surface area (Å²) < 4.78 is 15.3. The van der Waals surface area contributed by atoms with Gasteiger partial charge in [-0.25, -0.2) is 9.37 Å². The largest absolute Gasteiger partial charge is 0.310 e. The highest BCUT2D eigenvalue weighted by atomic mass is 19.1. The van der Waals surface area contributed by atoms with Gasteiger partial charge in [0.2, 0.25) is 0 Å². The number of aryl methyl sites for hydroxylation is 2. The first-order chi connectivity index (χ1) is 9.61. The summed E-state index contributed by atoms with van der Waals surface area (Å²) in [5.74, 6) is 0.689. The van der Waals surface area contributed by atoms with Crippen LogP contribution in [0.4, 0.5) is 4.39 Å². The van der Waals surface area contributed by atoms with Gasteiger partial charge in [0.05, 0.1) is 0 Å². The van der Waals surface area contributed by atoms with E-state index in [0.717, 1.165) is 29.9 Å². The second kappa shape index (κ2) is 6.61. The lowest BCUT2D eigenvalue weighted by atomic mass is 9.98. The topological polar surface area (TPSA) is 42.7 Å². The Morgan fingerprint density at radius 3 is 2.85 bits per heavy atom. The maximum Gasteiger partial charge on any atom is 0.138 e. The van der Waals surface area contributed by atoms with Crippen molar-refractivity contribution in [3.05, 3.63) is 47.3 Å². The monoisotopic (exact) mass is 276 g/mol. The van der Waals surface area contributed by atoms with Crippen LogP contribution in [0.3, 0.4) is 0 Å². The van der Waals surface area contributed by atoms with E-state index >= 15 is 0 Å². The molecule has 5 heteroatoms. The minimum atomic E-state index is -0.202. The number of halogens is 1. The third-order valence-corrected chi connectivity index (χ3v) is 3.45. The highest BCUT2D eigenvalue weighted by Gasteiger charge is 2.17. The Bertz CT molecular complexity index is 565. The number of nitrogens with zero attached hydrogens (tertiary/aromatic N) is 3. The smallest absolute Gasteiger partial charge is 0.138 e. The lowest BCUT2D eigenvalue weighted by Crippen LogP contribution is -2.26. The zero-order valence-corrected chi connectivity index (χ0v) is 12.2. The van der Waals surface area contributed by atoms with Gasteiger partial charge in [-0.05, 0) is 43.1 Å². The molecule has 1 aromatic carbocycles. The molecular weight excluding hydrogens is 255 g/mol. The summed E-state index contributed by atoms with van der Waals surface area (Å²) >= 11 is 0. The first-order valence-electron chi connectivity index (χ1n) is 6.94. The van der Waals surface area contributed by atoms with E-state index in [4.69, 9.17) is 0 Å². The average molecular weight is 276 g/mol. The molecule has 20 heavy (non-hydrogen) atoms. The molecule has 1 unspecified atom stereocenters. The minimum absolute atomic E-state index is 0.0496. The van der Waals surface area contributed by atoms with Gasteiger partial charge in [-0.2, -0.15) is 5.10 Å². The Morgan fingerprint density at radius 1 is 1.40 bits per heavy atom. The summed E-state index contributed by atoms with van der Waals surface area (Å²) in [7, 11) is 1.87. The van der Waals surface area contributed by atoms with Crippen LogP contribution >= 0.6 is 0 Å². The zero-order chi connectivity index (χ0) is 14.5. The molecule has 0 amide bonds. The molecule has 1 N–H and O–H groups in total. The molecule has 0 bridgehead atoms. The van der Waals surface area contributed by atoms with Gasteiger partial charge in [-0.1, -0.05) is 13.0 Å². The van der Waals surface area contributed by atoms with Crippen molar-refractivity contribution >= 4 is 0 Å². The number of benzene rings is 1. The van der Waals surface area contributed by atoms with Gasteiger partial charge in [-0.15, -0.1) is 0 Å². The lowest BCUT2D eigenvalue weighted by molar-refractivity contribution is 0.501. The van der Waals surface area contributed by atoms with Crippen molar-refractivity contribution in [3.8, 4) is 0 Å². The molecule has 4 nitrogen and oxygen atoms in total. The zero-order valence-electron chi connectivity index (χ0n) is 12.2. The van der Waals surface area contributed by atoms with Gasteiger partial charge in [0, 0.05) is 19.5 Å². The normalized spacial score (nSPS) is 12.6. The molecule has 2 aromatic rings. The van der Waals surface area contributed by atoms with Crippen LogP contribution in [0.2, 0.25) is 0 Å². The molecule has 108 valence electrons. The van der Waals surface area contributed by atoms with E-state index in [1.165, 1.54) is 6.07 Å². The highest BCUT2D eigenvalue weighted by Crippen LogP contribution is 2.22. The molecule has 0 saturated heterocycles. The summed E-state index contributed by atoms with van der Waals surface area (Å²) in [6.07, 6.45) is 3.27. The van der Waals surface area contributed by atoms with Crippen LogP contribution in [0.15, 0.2) is 24.5 Å². The number of hydrogen-bond donors (Lipinski definition) is 1. The molecule has 0 radical (unpaired) electrons. The SMILES string of the molecule is CCCNC(Cc1ncnn1C)c1cc(F)ccc1C. The fourth-order valence-electron chi connectivity index (χ4n) is 2.28. The summed E-state index contributed by atoms with van der Waals surface area (Å²) in [4.78, 5) is 4.26. The molecule has 1 atom stereocenters. The quantitative estimate of drug-likeness (QED) is 0.881. The summed E-state index contributed by atoms with van der Waals surface area (Å²) in [5.41, 5.74) is 2.07. The highest BCUT2D eigenvalue weighted by molar-refractivity contribution is 5.30. The van der Waals surface area contributed by atoms with Crippen LogP contribution in [0, 0.1) is 12.7 Å². The van der Waals surface area contributed by atoms with Gasteiger partial charge in [0.15, 0.2) is 0 Å². The first kappa shape index (κ1) is 14.7. The van der Waals surface area contributed by atoms with E-state index in [1.54, 1.807) is 17.1 Å². The Labute approximate surface area is 119 Å². The number of rotatable bonds is 6. The Morgan fingerprint density at radius 2 is 2.20 bits per heavy atom. The van der Waals surface area contributed by atoms with Crippen molar-refractivity contribution in [2.75, 3.05) is 6.54 Å². The van der Waals surface area contributed by atoms with Crippen molar-refractivity contribution in [2.45, 2.75) is 32.7 Å². The first-order valence-corrected chi connectivity index (χ1v) is 6.94. The van der Waals surface area contributed by atoms with Crippen LogP contribution in [-0.4, -0.2) is 21.3 Å². The van der Waals surface area contributed by atoms with Gasteiger partial charge in [0.1, 0.15) is 18.0 Å². The van der Waals surface area contributed by atoms with Crippen LogP contribution in [-0.2, 0) is 13.5 Å². The van der Waals surface area contributed by atoms with Gasteiger partial charge in [-0.3, -0.25) is 4.68 Å². The number of hydrogen-bond acceptors (Lipinski definition) is 3. The third-order valence-electron chi connectivity index (χ3n) is 3.45. The molecule has 1 aromatic heterocycles. The molecule has 2 rings (SSSR count). The van der Waals surface area contributed by atoms with Gasteiger partial charge in [0.25, 0.3) is 0 Å².